The molecule has 0 aliphatic carbocycles. The van der Waals surface area contributed by atoms with E-state index in [1.165, 1.54) is 0 Å². The fourth-order valence-electron chi connectivity index (χ4n) is 1.26. The van der Waals surface area contributed by atoms with Gasteiger partial charge < -0.3 is 10.1 Å². The number of ether oxygens (including phenoxy) is 1. The minimum absolute atomic E-state index is 0.362. The van der Waals surface area contributed by atoms with Crippen molar-refractivity contribution in [1.82, 2.24) is 5.32 Å². The number of hydrogen-bond acceptors (Lipinski definition) is 3. The summed E-state index contributed by atoms with van der Waals surface area (Å²) in [5, 5.41) is 2.49. The van der Waals surface area contributed by atoms with Crippen molar-refractivity contribution >= 4 is 17.6 Å². The first-order chi connectivity index (χ1) is 7.74. The summed E-state index contributed by atoms with van der Waals surface area (Å²) in [6.07, 6.45) is 0. The van der Waals surface area contributed by atoms with Crippen molar-refractivity contribution in [2.75, 3.05) is 13.2 Å². The van der Waals surface area contributed by atoms with Gasteiger partial charge in [-0.3, -0.25) is 4.79 Å². The predicted octanol–water partition coefficient (Wildman–Crippen LogP) is 1.95. The summed E-state index contributed by atoms with van der Waals surface area (Å²) in [7, 11) is 0. The third-order valence-corrected chi connectivity index (χ3v) is 2.37. The molecule has 1 atom stereocenters. The Labute approximate surface area is 101 Å². The van der Waals surface area contributed by atoms with Gasteiger partial charge in [0.25, 0.3) is 0 Å². The third-order valence-electron chi connectivity index (χ3n) is 2.04. The van der Waals surface area contributed by atoms with Crippen LogP contribution in [0.3, 0.4) is 0 Å². The maximum Gasteiger partial charge on any atom is 0.325 e. The second-order valence-corrected chi connectivity index (χ2v) is 3.86. The Hall–Kier alpha value is -1.06. The fraction of sp³-hybridized carbons (Fsp3) is 0.417. The topological polar surface area (TPSA) is 38.3 Å². The molecule has 1 rings (SSSR count). The molecule has 1 aromatic carbocycles. The van der Waals surface area contributed by atoms with Crippen LogP contribution in [0.2, 0.25) is 0 Å². The van der Waals surface area contributed by atoms with E-state index in [4.69, 9.17) is 16.3 Å². The molecule has 0 saturated heterocycles. The van der Waals surface area contributed by atoms with Gasteiger partial charge in [-0.1, -0.05) is 30.3 Å². The first kappa shape index (κ1) is 13.0. The van der Waals surface area contributed by atoms with E-state index < -0.39 is 5.38 Å². The third kappa shape index (κ3) is 4.64. The molecule has 0 saturated carbocycles. The SMILES string of the molecule is CCOC(=O)C(Cl)CNCc1ccccc1. The van der Waals surface area contributed by atoms with Crippen LogP contribution in [0.4, 0.5) is 0 Å². The van der Waals surface area contributed by atoms with Crippen molar-refractivity contribution in [3.63, 3.8) is 0 Å². The number of alkyl halides is 1. The molecule has 0 fully saturated rings. The van der Waals surface area contributed by atoms with Crippen molar-refractivity contribution < 1.29 is 9.53 Å². The molecule has 0 aliphatic rings. The summed E-state index contributed by atoms with van der Waals surface area (Å²) < 4.78 is 4.80. The van der Waals surface area contributed by atoms with E-state index in [1.807, 2.05) is 30.3 Å². The lowest BCUT2D eigenvalue weighted by atomic mass is 10.2. The first-order valence-electron chi connectivity index (χ1n) is 5.29. The summed E-state index contributed by atoms with van der Waals surface area (Å²) >= 11 is 5.84. The lowest BCUT2D eigenvalue weighted by Crippen LogP contribution is -2.30. The molecular weight excluding hydrogens is 226 g/mol. The van der Waals surface area contributed by atoms with Crippen LogP contribution < -0.4 is 5.32 Å². The number of benzene rings is 1. The van der Waals surface area contributed by atoms with E-state index in [1.54, 1.807) is 6.92 Å². The minimum atomic E-state index is -0.622. The van der Waals surface area contributed by atoms with Crippen LogP contribution in [0.5, 0.6) is 0 Å². The largest absolute Gasteiger partial charge is 0.465 e. The second kappa shape index (κ2) is 7.25. The predicted molar refractivity (Wildman–Crippen MR) is 64.4 cm³/mol. The van der Waals surface area contributed by atoms with Gasteiger partial charge in [-0.05, 0) is 12.5 Å². The fourth-order valence-corrected chi connectivity index (χ4v) is 1.43. The molecule has 0 spiro atoms. The lowest BCUT2D eigenvalue weighted by Gasteiger charge is -2.09. The Morgan fingerprint density at radius 1 is 1.44 bits per heavy atom. The maximum atomic E-state index is 11.2. The highest BCUT2D eigenvalue weighted by atomic mass is 35.5. The second-order valence-electron chi connectivity index (χ2n) is 3.34. The van der Waals surface area contributed by atoms with Crippen LogP contribution in [0.25, 0.3) is 0 Å². The maximum absolute atomic E-state index is 11.2. The zero-order chi connectivity index (χ0) is 11.8. The normalized spacial score (nSPS) is 12.1. The van der Waals surface area contributed by atoms with Crippen LogP contribution in [0.15, 0.2) is 30.3 Å². The van der Waals surface area contributed by atoms with Gasteiger partial charge in [0.15, 0.2) is 0 Å². The van der Waals surface area contributed by atoms with Gasteiger partial charge in [-0.25, -0.2) is 0 Å². The summed E-state index contributed by atoms with van der Waals surface area (Å²) in [4.78, 5) is 11.2. The monoisotopic (exact) mass is 241 g/mol. The van der Waals surface area contributed by atoms with E-state index in [0.29, 0.717) is 19.7 Å². The zero-order valence-corrected chi connectivity index (χ0v) is 10.0. The Bertz CT molecular complexity index is 316. The van der Waals surface area contributed by atoms with Gasteiger partial charge in [-0.15, -0.1) is 11.6 Å². The van der Waals surface area contributed by atoms with E-state index in [0.717, 1.165) is 5.56 Å². The lowest BCUT2D eigenvalue weighted by molar-refractivity contribution is -0.142. The standard InChI is InChI=1S/C12H16ClNO2/c1-2-16-12(15)11(13)9-14-8-10-6-4-3-5-7-10/h3-7,11,14H,2,8-9H2,1H3. The van der Waals surface area contributed by atoms with Crippen LogP contribution in [-0.2, 0) is 16.1 Å². The number of rotatable bonds is 6. The summed E-state index contributed by atoms with van der Waals surface area (Å²) in [5.41, 5.74) is 1.16. The number of halogens is 1. The average molecular weight is 242 g/mol. The Morgan fingerprint density at radius 3 is 2.75 bits per heavy atom. The first-order valence-corrected chi connectivity index (χ1v) is 5.73. The number of esters is 1. The van der Waals surface area contributed by atoms with Gasteiger partial charge >= 0.3 is 5.97 Å². The van der Waals surface area contributed by atoms with Crippen molar-refractivity contribution in [1.29, 1.82) is 0 Å². The number of carbonyl (C=O) groups is 1. The highest BCUT2D eigenvalue weighted by Crippen LogP contribution is 2.00. The molecule has 0 amide bonds. The van der Waals surface area contributed by atoms with Crippen molar-refractivity contribution in [2.24, 2.45) is 0 Å². The molecule has 1 aromatic rings. The molecular formula is C12H16ClNO2. The van der Waals surface area contributed by atoms with Crippen molar-refractivity contribution in [2.45, 2.75) is 18.8 Å². The number of hydrogen-bond donors (Lipinski definition) is 1. The Kier molecular flexibility index (Phi) is 5.90. The molecule has 1 N–H and O–H groups in total. The van der Waals surface area contributed by atoms with Crippen molar-refractivity contribution in [3.05, 3.63) is 35.9 Å². The Morgan fingerprint density at radius 2 is 2.12 bits per heavy atom. The van der Waals surface area contributed by atoms with Crippen LogP contribution in [0, 0.1) is 0 Å². The minimum Gasteiger partial charge on any atom is -0.465 e. The molecule has 0 aromatic heterocycles. The molecule has 0 radical (unpaired) electrons. The average Bonchev–Trinajstić information content (AvgIpc) is 2.30. The highest BCUT2D eigenvalue weighted by molar-refractivity contribution is 6.30. The van der Waals surface area contributed by atoms with Gasteiger partial charge in [0.2, 0.25) is 0 Å². The molecule has 16 heavy (non-hydrogen) atoms. The molecule has 1 unspecified atom stereocenters. The quantitative estimate of drug-likeness (QED) is 0.611. The van der Waals surface area contributed by atoms with Crippen LogP contribution >= 0.6 is 11.6 Å². The molecule has 88 valence electrons. The Balaban J connectivity index is 2.23. The molecule has 0 heterocycles. The van der Waals surface area contributed by atoms with Gasteiger partial charge in [0.1, 0.15) is 5.38 Å². The highest BCUT2D eigenvalue weighted by Gasteiger charge is 2.15. The van der Waals surface area contributed by atoms with Crippen molar-refractivity contribution in [3.8, 4) is 0 Å². The van der Waals surface area contributed by atoms with E-state index >= 15 is 0 Å². The van der Waals surface area contributed by atoms with Gasteiger partial charge in [-0.2, -0.15) is 0 Å². The number of carbonyl (C=O) groups excluding carboxylic acids is 1. The number of nitrogens with one attached hydrogen (secondary N) is 1. The van der Waals surface area contributed by atoms with Crippen LogP contribution in [-0.4, -0.2) is 24.5 Å². The molecule has 3 nitrogen and oxygen atoms in total. The summed E-state index contributed by atoms with van der Waals surface area (Å²) in [6, 6.07) is 9.94. The van der Waals surface area contributed by atoms with E-state index in [9.17, 15) is 4.79 Å². The van der Waals surface area contributed by atoms with Crippen LogP contribution in [0.1, 0.15) is 12.5 Å². The molecule has 4 heteroatoms. The zero-order valence-electron chi connectivity index (χ0n) is 9.28. The van der Waals surface area contributed by atoms with Gasteiger partial charge in [0, 0.05) is 13.1 Å². The molecule has 0 bridgehead atoms. The smallest absolute Gasteiger partial charge is 0.325 e. The van der Waals surface area contributed by atoms with Gasteiger partial charge in [0.05, 0.1) is 6.61 Å². The van der Waals surface area contributed by atoms with E-state index in [2.05, 4.69) is 5.32 Å². The molecule has 0 aliphatic heterocycles. The summed E-state index contributed by atoms with van der Waals surface area (Å²) in [6.45, 7) is 3.23. The van der Waals surface area contributed by atoms with E-state index in [-0.39, 0.29) is 5.97 Å². The summed E-state index contributed by atoms with van der Waals surface area (Å²) in [5.74, 6) is -0.371.